The molecule has 1 saturated carbocycles. The van der Waals surface area contributed by atoms with Crippen molar-refractivity contribution in [1.82, 2.24) is 0 Å². The van der Waals surface area contributed by atoms with Crippen LogP contribution in [0.1, 0.15) is 30.2 Å². The molecule has 1 aliphatic rings. The van der Waals surface area contributed by atoms with Crippen LogP contribution in [-0.2, 0) is 4.74 Å². The zero-order valence-corrected chi connectivity index (χ0v) is 10.4. The lowest BCUT2D eigenvalue weighted by Gasteiger charge is -2.43. The van der Waals surface area contributed by atoms with Gasteiger partial charge in [-0.2, -0.15) is 0 Å². The van der Waals surface area contributed by atoms with Crippen molar-refractivity contribution in [3.8, 4) is 0 Å². The lowest BCUT2D eigenvalue weighted by Crippen LogP contribution is -2.44. The Morgan fingerprint density at radius 1 is 1.64 bits per heavy atom. The number of rotatable bonds is 3. The number of aliphatic hydroxyl groups excluding tert-OH is 1. The summed E-state index contributed by atoms with van der Waals surface area (Å²) in [6.45, 7) is 0. The highest BCUT2D eigenvalue weighted by Gasteiger charge is 2.45. The minimum Gasteiger partial charge on any atom is -0.384 e. The van der Waals surface area contributed by atoms with Gasteiger partial charge in [-0.1, -0.05) is 0 Å². The van der Waals surface area contributed by atoms with Crippen LogP contribution in [0.15, 0.2) is 15.9 Å². The molecule has 1 unspecified atom stereocenters. The van der Waals surface area contributed by atoms with E-state index in [0.29, 0.717) is 0 Å². The van der Waals surface area contributed by atoms with Crippen molar-refractivity contribution in [2.24, 2.45) is 0 Å². The molecule has 14 heavy (non-hydrogen) atoms. The third kappa shape index (κ3) is 1.54. The summed E-state index contributed by atoms with van der Waals surface area (Å²) in [5, 5.41) is 12.2. The molecule has 4 heteroatoms. The number of methoxy groups -OCH3 is 1. The smallest absolute Gasteiger partial charge is 0.118 e. The summed E-state index contributed by atoms with van der Waals surface area (Å²) < 4.78 is 6.43. The van der Waals surface area contributed by atoms with Crippen LogP contribution in [0.5, 0.6) is 0 Å². The van der Waals surface area contributed by atoms with E-state index in [1.54, 1.807) is 18.4 Å². The second-order valence-corrected chi connectivity index (χ2v) is 5.46. The largest absolute Gasteiger partial charge is 0.384 e. The van der Waals surface area contributed by atoms with E-state index in [-0.39, 0.29) is 5.60 Å². The third-order valence-electron chi connectivity index (χ3n) is 3.00. The first-order chi connectivity index (χ1) is 6.69. The van der Waals surface area contributed by atoms with Crippen LogP contribution in [0.3, 0.4) is 0 Å². The first kappa shape index (κ1) is 10.6. The van der Waals surface area contributed by atoms with E-state index in [2.05, 4.69) is 15.9 Å². The van der Waals surface area contributed by atoms with Gasteiger partial charge in [-0.05, 0) is 46.6 Å². The van der Waals surface area contributed by atoms with Gasteiger partial charge in [-0.15, -0.1) is 11.3 Å². The molecule has 0 amide bonds. The first-order valence-corrected chi connectivity index (χ1v) is 6.33. The fraction of sp³-hybridized carbons (Fsp3) is 0.600. The van der Waals surface area contributed by atoms with Gasteiger partial charge in [0.05, 0.1) is 10.5 Å². The lowest BCUT2D eigenvalue weighted by atomic mass is 9.75. The van der Waals surface area contributed by atoms with E-state index in [4.69, 9.17) is 4.74 Å². The first-order valence-electron chi connectivity index (χ1n) is 4.66. The summed E-state index contributed by atoms with van der Waals surface area (Å²) in [5.41, 5.74) is -0.326. The zero-order valence-electron chi connectivity index (χ0n) is 8.00. The molecule has 1 aromatic heterocycles. The Bertz CT molecular complexity index is 314. The molecule has 0 spiro atoms. The summed E-state index contributed by atoms with van der Waals surface area (Å²) in [5.74, 6) is 0. The molecule has 1 aromatic rings. The Morgan fingerprint density at radius 2 is 2.36 bits per heavy atom. The predicted octanol–water partition coefficient (Wildman–Crippen LogP) is 3.11. The highest BCUT2D eigenvalue weighted by atomic mass is 79.9. The quantitative estimate of drug-likeness (QED) is 0.919. The number of ether oxygens (including phenoxy) is 1. The molecule has 1 heterocycles. The van der Waals surface area contributed by atoms with Crippen LogP contribution in [0.2, 0.25) is 0 Å². The monoisotopic (exact) mass is 276 g/mol. The average Bonchev–Trinajstić information content (AvgIpc) is 2.50. The van der Waals surface area contributed by atoms with Crippen LogP contribution in [0.4, 0.5) is 0 Å². The van der Waals surface area contributed by atoms with Crippen molar-refractivity contribution in [2.45, 2.75) is 31.0 Å². The third-order valence-corrected chi connectivity index (χ3v) is 4.92. The van der Waals surface area contributed by atoms with E-state index < -0.39 is 6.10 Å². The molecular weight excluding hydrogens is 264 g/mol. The summed E-state index contributed by atoms with van der Waals surface area (Å²) in [4.78, 5) is 0.978. The highest BCUT2D eigenvalue weighted by molar-refractivity contribution is 9.10. The highest BCUT2D eigenvalue weighted by Crippen LogP contribution is 2.47. The van der Waals surface area contributed by atoms with Gasteiger partial charge in [0.2, 0.25) is 0 Å². The van der Waals surface area contributed by atoms with Crippen LogP contribution < -0.4 is 0 Å². The van der Waals surface area contributed by atoms with Gasteiger partial charge in [0.1, 0.15) is 6.10 Å². The Balaban J connectivity index is 2.22. The Kier molecular flexibility index (Phi) is 2.98. The van der Waals surface area contributed by atoms with E-state index in [1.807, 2.05) is 11.4 Å². The topological polar surface area (TPSA) is 29.5 Å². The maximum atomic E-state index is 10.2. The zero-order chi connectivity index (χ0) is 10.2. The molecule has 1 aliphatic carbocycles. The number of hydrogen-bond acceptors (Lipinski definition) is 3. The van der Waals surface area contributed by atoms with Gasteiger partial charge in [0, 0.05) is 11.6 Å². The van der Waals surface area contributed by atoms with Gasteiger partial charge in [0.15, 0.2) is 0 Å². The second kappa shape index (κ2) is 3.93. The molecule has 2 rings (SSSR count). The average molecular weight is 277 g/mol. The molecule has 0 aromatic carbocycles. The van der Waals surface area contributed by atoms with Crippen molar-refractivity contribution in [3.05, 3.63) is 20.8 Å². The predicted molar refractivity (Wildman–Crippen MR) is 60.6 cm³/mol. The van der Waals surface area contributed by atoms with Gasteiger partial charge in [0.25, 0.3) is 0 Å². The number of hydrogen-bond donors (Lipinski definition) is 1. The fourth-order valence-corrected chi connectivity index (χ4v) is 3.53. The molecule has 0 saturated heterocycles. The fourth-order valence-electron chi connectivity index (χ4n) is 1.85. The number of thiophene rings is 1. The molecule has 0 bridgehead atoms. The van der Waals surface area contributed by atoms with Crippen molar-refractivity contribution in [3.63, 3.8) is 0 Å². The molecule has 1 atom stereocenters. The molecule has 1 fully saturated rings. The summed E-state index contributed by atoms with van der Waals surface area (Å²) in [7, 11) is 1.68. The molecule has 2 nitrogen and oxygen atoms in total. The van der Waals surface area contributed by atoms with Crippen LogP contribution in [0.25, 0.3) is 0 Å². The summed E-state index contributed by atoms with van der Waals surface area (Å²) >= 11 is 5.01. The van der Waals surface area contributed by atoms with Crippen molar-refractivity contribution < 1.29 is 9.84 Å². The Hall–Kier alpha value is 0.100. The van der Waals surface area contributed by atoms with E-state index in [1.165, 1.54) is 0 Å². The molecule has 0 aliphatic heterocycles. The molecule has 78 valence electrons. The second-order valence-electron chi connectivity index (χ2n) is 3.66. The SMILES string of the molecule is COC1(C(O)c2sccc2Br)CCC1. The van der Waals surface area contributed by atoms with Gasteiger partial charge >= 0.3 is 0 Å². The number of aliphatic hydroxyl groups is 1. The van der Waals surface area contributed by atoms with Crippen LogP contribution in [-0.4, -0.2) is 17.8 Å². The minimum atomic E-state index is -0.490. The van der Waals surface area contributed by atoms with E-state index in [9.17, 15) is 5.11 Å². The van der Waals surface area contributed by atoms with Gasteiger partial charge < -0.3 is 9.84 Å². The molecule has 0 radical (unpaired) electrons. The van der Waals surface area contributed by atoms with Gasteiger partial charge in [-0.3, -0.25) is 0 Å². The lowest BCUT2D eigenvalue weighted by molar-refractivity contribution is -0.150. The van der Waals surface area contributed by atoms with Crippen LogP contribution in [0, 0.1) is 0 Å². The van der Waals surface area contributed by atoms with Crippen molar-refractivity contribution in [1.29, 1.82) is 0 Å². The van der Waals surface area contributed by atoms with E-state index in [0.717, 1.165) is 28.6 Å². The number of halogens is 1. The van der Waals surface area contributed by atoms with Crippen LogP contribution >= 0.6 is 27.3 Å². The van der Waals surface area contributed by atoms with Crippen molar-refractivity contribution >= 4 is 27.3 Å². The minimum absolute atomic E-state index is 0.326. The Morgan fingerprint density at radius 3 is 2.71 bits per heavy atom. The molecular formula is C10H13BrO2S. The summed E-state index contributed by atoms with van der Waals surface area (Å²) in [6.07, 6.45) is 2.56. The van der Waals surface area contributed by atoms with Crippen molar-refractivity contribution in [2.75, 3.05) is 7.11 Å². The Labute approximate surface area is 96.0 Å². The summed E-state index contributed by atoms with van der Waals surface area (Å²) in [6, 6.07) is 1.96. The van der Waals surface area contributed by atoms with E-state index >= 15 is 0 Å². The maximum absolute atomic E-state index is 10.2. The molecule has 1 N–H and O–H groups in total. The maximum Gasteiger partial charge on any atom is 0.118 e. The normalized spacial score (nSPS) is 21.6. The standard InChI is InChI=1S/C10H13BrO2S/c1-13-10(4-2-5-10)9(12)8-7(11)3-6-14-8/h3,6,9,12H,2,4-5H2,1H3. The van der Waals surface area contributed by atoms with Gasteiger partial charge in [-0.25, -0.2) is 0 Å².